The fraction of sp³-hybridized carbons (Fsp3) is 0.444. The van der Waals surface area contributed by atoms with E-state index in [-0.39, 0.29) is 64.8 Å². The molecular weight excluding hydrogens is 594 g/mol. The highest BCUT2D eigenvalue weighted by Crippen LogP contribution is 2.43. The number of rotatable bonds is 9. The number of ether oxygens (including phenoxy) is 2. The molecule has 7 nitrogen and oxygen atoms in total. The second-order valence-electron chi connectivity index (χ2n) is 9.62. The second kappa shape index (κ2) is 13.4. The molecule has 2 unspecified atom stereocenters. The minimum atomic E-state index is -0.890. The van der Waals surface area contributed by atoms with Gasteiger partial charge in [0.05, 0.1) is 24.7 Å². The molecule has 196 valence electrons. The quantitative estimate of drug-likeness (QED) is 0.224. The summed E-state index contributed by atoms with van der Waals surface area (Å²) in [6.07, 6.45) is 4.28. The molecule has 2 bridgehead atoms. The number of carbonyl (C=O) groups excluding carboxylic acids is 2. The van der Waals surface area contributed by atoms with Crippen LogP contribution in [0, 0.1) is 0 Å². The summed E-state index contributed by atoms with van der Waals surface area (Å²) in [6.45, 7) is 0.877. The fourth-order valence-electron chi connectivity index (χ4n) is 5.47. The van der Waals surface area contributed by atoms with Crippen molar-refractivity contribution in [3.63, 3.8) is 0 Å². The van der Waals surface area contributed by atoms with E-state index in [0.29, 0.717) is 29.8 Å². The largest absolute Gasteiger partial charge is 0.481 e. The van der Waals surface area contributed by atoms with Gasteiger partial charge in [0.25, 0.3) is 0 Å². The molecule has 2 heterocycles. The molecule has 0 saturated carbocycles. The summed E-state index contributed by atoms with van der Waals surface area (Å²) in [5, 5.41) is 8.73. The molecule has 1 N–H and O–H groups in total. The topological polar surface area (TPSA) is 89.9 Å². The number of nitrogens with zero attached hydrogens (tertiary/aromatic N) is 1. The van der Waals surface area contributed by atoms with Crippen molar-refractivity contribution in [3.05, 3.63) is 65.7 Å². The number of aliphatic carboxylic acids is 1. The van der Waals surface area contributed by atoms with Crippen LogP contribution in [0.5, 0.6) is 5.75 Å². The fourth-order valence-corrected chi connectivity index (χ4v) is 5.47. The number of carboxylic acids is 1. The number of hydrogen-bond acceptors (Lipinski definition) is 5. The predicted molar refractivity (Wildman–Crippen MR) is 146 cm³/mol. The van der Waals surface area contributed by atoms with Gasteiger partial charge >= 0.3 is 17.9 Å². The van der Waals surface area contributed by atoms with Gasteiger partial charge in [-0.15, -0.1) is 34.0 Å². The van der Waals surface area contributed by atoms with Crippen LogP contribution in [0.25, 0.3) is 0 Å². The first kappa shape index (κ1) is 30.0. The number of carboxylic acid groups (broad SMARTS) is 1. The number of quaternary nitrogens is 1. The van der Waals surface area contributed by atoms with Crippen LogP contribution in [0.15, 0.2) is 54.6 Å². The Bertz CT molecular complexity index is 1020. The van der Waals surface area contributed by atoms with Crippen molar-refractivity contribution in [2.24, 2.45) is 0 Å². The molecular formula is C27H34Br2NO6+. The molecule has 2 aromatic rings. The third-order valence-electron chi connectivity index (χ3n) is 7.31. The monoisotopic (exact) mass is 626 g/mol. The SMILES string of the molecule is Br.Br.C[N+]1(Cc2ccc(OC(=O)c3ccccc3)cc2)C2CCC1CC(OC(=O)CCCC(=O)O)C2. The maximum atomic E-state index is 12.3. The molecule has 9 heteroatoms. The molecule has 2 atom stereocenters. The van der Waals surface area contributed by atoms with Crippen LogP contribution >= 0.6 is 34.0 Å². The molecule has 2 fully saturated rings. The Morgan fingerprint density at radius 1 is 0.917 bits per heavy atom. The molecule has 0 radical (unpaired) electrons. The Labute approximate surface area is 232 Å². The zero-order chi connectivity index (χ0) is 24.1. The van der Waals surface area contributed by atoms with E-state index in [1.54, 1.807) is 12.1 Å². The molecule has 36 heavy (non-hydrogen) atoms. The van der Waals surface area contributed by atoms with Crippen molar-refractivity contribution in [1.82, 2.24) is 0 Å². The number of carbonyl (C=O) groups is 3. The highest BCUT2D eigenvalue weighted by Gasteiger charge is 2.52. The van der Waals surface area contributed by atoms with Crippen molar-refractivity contribution in [3.8, 4) is 5.75 Å². The Kier molecular flexibility index (Phi) is 11.1. The van der Waals surface area contributed by atoms with Gasteiger partial charge < -0.3 is 19.1 Å². The average Bonchev–Trinajstić information content (AvgIpc) is 2.97. The smallest absolute Gasteiger partial charge is 0.343 e. The second-order valence-corrected chi connectivity index (χ2v) is 9.62. The number of benzene rings is 2. The number of fused-ring (bicyclic) bond motifs is 2. The summed E-state index contributed by atoms with van der Waals surface area (Å²) < 4.78 is 12.1. The van der Waals surface area contributed by atoms with E-state index in [1.807, 2.05) is 42.5 Å². The summed E-state index contributed by atoms with van der Waals surface area (Å²) in [4.78, 5) is 35.0. The summed E-state index contributed by atoms with van der Waals surface area (Å²) in [7, 11) is 2.29. The van der Waals surface area contributed by atoms with Gasteiger partial charge in [0.15, 0.2) is 0 Å². The van der Waals surface area contributed by atoms with Crippen molar-refractivity contribution >= 4 is 51.9 Å². The van der Waals surface area contributed by atoms with Crippen LogP contribution in [0.4, 0.5) is 0 Å². The third-order valence-corrected chi connectivity index (χ3v) is 7.31. The van der Waals surface area contributed by atoms with E-state index in [9.17, 15) is 14.4 Å². The maximum absolute atomic E-state index is 12.3. The van der Waals surface area contributed by atoms with Crippen LogP contribution in [0.3, 0.4) is 0 Å². The first-order valence-electron chi connectivity index (χ1n) is 12.0. The number of halogens is 2. The third kappa shape index (κ3) is 7.40. The Morgan fingerprint density at radius 2 is 1.53 bits per heavy atom. The number of esters is 2. The van der Waals surface area contributed by atoms with Gasteiger partial charge in [0.1, 0.15) is 18.4 Å². The van der Waals surface area contributed by atoms with Crippen LogP contribution in [0.1, 0.15) is 60.9 Å². The number of piperidine rings is 1. The van der Waals surface area contributed by atoms with Gasteiger partial charge in [-0.1, -0.05) is 18.2 Å². The molecule has 0 spiro atoms. The van der Waals surface area contributed by atoms with Crippen LogP contribution in [0.2, 0.25) is 0 Å². The van der Waals surface area contributed by atoms with E-state index < -0.39 is 5.97 Å². The van der Waals surface area contributed by atoms with Gasteiger partial charge in [-0.2, -0.15) is 0 Å². The maximum Gasteiger partial charge on any atom is 0.343 e. The molecule has 2 aliphatic rings. The Morgan fingerprint density at radius 3 is 2.11 bits per heavy atom. The molecule has 2 aliphatic heterocycles. The van der Waals surface area contributed by atoms with Gasteiger partial charge in [0.2, 0.25) is 0 Å². The van der Waals surface area contributed by atoms with Crippen molar-refractivity contribution in [1.29, 1.82) is 0 Å². The number of hydrogen-bond donors (Lipinski definition) is 1. The van der Waals surface area contributed by atoms with Crippen LogP contribution in [-0.4, -0.2) is 52.7 Å². The van der Waals surface area contributed by atoms with Crippen molar-refractivity contribution in [2.45, 2.75) is 69.7 Å². The minimum absolute atomic E-state index is 0. The van der Waals surface area contributed by atoms with Crippen LogP contribution < -0.4 is 4.74 Å². The van der Waals surface area contributed by atoms with E-state index in [4.69, 9.17) is 14.6 Å². The zero-order valence-electron chi connectivity index (χ0n) is 20.3. The first-order chi connectivity index (χ1) is 16.3. The summed E-state index contributed by atoms with van der Waals surface area (Å²) in [5.74, 6) is -1.02. The molecule has 2 aromatic carbocycles. The van der Waals surface area contributed by atoms with E-state index in [0.717, 1.165) is 36.7 Å². The lowest BCUT2D eigenvalue weighted by Gasteiger charge is -2.47. The zero-order valence-corrected chi connectivity index (χ0v) is 23.8. The van der Waals surface area contributed by atoms with E-state index >= 15 is 0 Å². The molecule has 2 saturated heterocycles. The Balaban J connectivity index is 0.00000228. The molecule has 0 aliphatic carbocycles. The van der Waals surface area contributed by atoms with E-state index in [2.05, 4.69) is 7.05 Å². The molecule has 0 aromatic heterocycles. The minimum Gasteiger partial charge on any atom is -0.481 e. The average molecular weight is 628 g/mol. The molecule has 4 rings (SSSR count). The van der Waals surface area contributed by atoms with Crippen molar-refractivity contribution < 1.29 is 33.4 Å². The highest BCUT2D eigenvalue weighted by molar-refractivity contribution is 8.93. The first-order valence-corrected chi connectivity index (χ1v) is 12.0. The normalized spacial score (nSPS) is 24.1. The van der Waals surface area contributed by atoms with Gasteiger partial charge in [0, 0.05) is 44.1 Å². The summed E-state index contributed by atoms with van der Waals surface area (Å²) >= 11 is 0. The predicted octanol–water partition coefficient (Wildman–Crippen LogP) is 5.50. The van der Waals surface area contributed by atoms with Gasteiger partial charge in [-0.05, 0) is 42.8 Å². The lowest BCUT2D eigenvalue weighted by molar-refractivity contribution is -0.961. The lowest BCUT2D eigenvalue weighted by atomic mass is 9.95. The highest BCUT2D eigenvalue weighted by atomic mass is 79.9. The standard InChI is InChI=1S/C27H31NO6.2BrH/c1-28(18-19-10-14-23(15-11-19)34-27(32)20-6-3-2-4-7-20)21-12-13-22(28)17-24(16-21)33-26(31)9-5-8-25(29)30;;/h2-4,6-7,10-11,14-15,21-22,24H,5,8-9,12-13,16-18H2,1H3;2*1H/p+1. The van der Waals surface area contributed by atoms with E-state index in [1.165, 1.54) is 5.56 Å². The summed E-state index contributed by atoms with van der Waals surface area (Å²) in [6, 6.07) is 17.5. The van der Waals surface area contributed by atoms with Gasteiger partial charge in [-0.3, -0.25) is 9.59 Å². The van der Waals surface area contributed by atoms with Crippen molar-refractivity contribution in [2.75, 3.05) is 7.05 Å². The lowest BCUT2D eigenvalue weighted by Crippen LogP contribution is -2.58. The van der Waals surface area contributed by atoms with Crippen LogP contribution in [-0.2, 0) is 20.9 Å². The Hall–Kier alpha value is -2.23. The van der Waals surface area contributed by atoms with Gasteiger partial charge in [-0.25, -0.2) is 4.79 Å². The molecule has 0 amide bonds. The summed E-state index contributed by atoms with van der Waals surface area (Å²) in [5.41, 5.74) is 1.70.